The predicted octanol–water partition coefficient (Wildman–Crippen LogP) is 3.35. The van der Waals surface area contributed by atoms with Crippen LogP contribution in [0.15, 0.2) is 42.7 Å². The normalized spacial score (nSPS) is 14.7. The Bertz CT molecular complexity index is 1040. The molecule has 1 amide bonds. The summed E-state index contributed by atoms with van der Waals surface area (Å²) in [6.07, 6.45) is 5.19. The molecule has 4 rings (SSSR count). The Labute approximate surface area is 174 Å². The van der Waals surface area contributed by atoms with Gasteiger partial charge in [0.2, 0.25) is 0 Å². The first-order chi connectivity index (χ1) is 14.5. The first-order valence-electron chi connectivity index (χ1n) is 10.1. The molecule has 3 heterocycles. The number of benzene rings is 1. The molecule has 4 N–H and O–H groups in total. The van der Waals surface area contributed by atoms with Crippen molar-refractivity contribution in [1.29, 1.82) is 0 Å². The van der Waals surface area contributed by atoms with E-state index < -0.39 is 5.91 Å². The second-order valence-corrected chi connectivity index (χ2v) is 7.58. The summed E-state index contributed by atoms with van der Waals surface area (Å²) in [6, 6.07) is 8.45. The predicted molar refractivity (Wildman–Crippen MR) is 115 cm³/mol. The maximum Gasteiger partial charge on any atom is 0.291 e. The fourth-order valence-corrected chi connectivity index (χ4v) is 3.80. The summed E-state index contributed by atoms with van der Waals surface area (Å²) >= 11 is 0. The average Bonchev–Trinajstić information content (AvgIpc) is 3.25. The second kappa shape index (κ2) is 8.62. The molecule has 8 heteroatoms. The van der Waals surface area contributed by atoms with Crippen LogP contribution in [0, 0.1) is 18.7 Å². The lowest BCUT2D eigenvalue weighted by molar-refractivity contribution is 0.101. The molecule has 156 valence electrons. The van der Waals surface area contributed by atoms with Gasteiger partial charge in [0.1, 0.15) is 5.82 Å². The van der Waals surface area contributed by atoms with Crippen molar-refractivity contribution < 1.29 is 9.18 Å². The van der Waals surface area contributed by atoms with Crippen LogP contribution in [0.25, 0.3) is 11.3 Å². The number of carbonyl (C=O) groups excluding carboxylic acids is 1. The summed E-state index contributed by atoms with van der Waals surface area (Å²) in [7, 11) is 0. The summed E-state index contributed by atoms with van der Waals surface area (Å²) in [6.45, 7) is 3.95. The molecule has 1 fully saturated rings. The van der Waals surface area contributed by atoms with Gasteiger partial charge in [0.25, 0.3) is 5.91 Å². The molecule has 1 aliphatic rings. The van der Waals surface area contributed by atoms with Crippen LogP contribution in [-0.2, 0) is 0 Å². The lowest BCUT2D eigenvalue weighted by Gasteiger charge is -2.34. The number of carbonyl (C=O) groups is 1. The summed E-state index contributed by atoms with van der Waals surface area (Å²) in [5, 5.41) is 2.81. The van der Waals surface area contributed by atoms with E-state index >= 15 is 0 Å². The van der Waals surface area contributed by atoms with E-state index in [9.17, 15) is 9.18 Å². The van der Waals surface area contributed by atoms with Crippen molar-refractivity contribution in [3.05, 3.63) is 60.1 Å². The summed E-state index contributed by atoms with van der Waals surface area (Å²) in [4.78, 5) is 26.2. The molecule has 0 aliphatic carbocycles. The van der Waals surface area contributed by atoms with E-state index in [1.165, 1.54) is 6.07 Å². The van der Waals surface area contributed by atoms with Crippen LogP contribution in [0.3, 0.4) is 0 Å². The van der Waals surface area contributed by atoms with Crippen LogP contribution >= 0.6 is 0 Å². The number of aromatic nitrogens is 3. The number of hydrogen-bond donors (Lipinski definition) is 3. The zero-order valence-electron chi connectivity index (χ0n) is 16.9. The van der Waals surface area contributed by atoms with Gasteiger partial charge in [0.05, 0.1) is 17.1 Å². The van der Waals surface area contributed by atoms with Crippen molar-refractivity contribution in [2.45, 2.75) is 19.8 Å². The number of nitrogens with one attached hydrogen (secondary N) is 2. The third kappa shape index (κ3) is 4.18. The molecular weight excluding hydrogens is 383 g/mol. The summed E-state index contributed by atoms with van der Waals surface area (Å²) < 4.78 is 14.7. The highest BCUT2D eigenvalue weighted by Gasteiger charge is 2.24. The first-order valence-corrected chi connectivity index (χ1v) is 10.1. The standard InChI is InChI=1S/C22H25FN6O/c1-14-11-16(5-8-25-14)19-13-26-21(27-19)22(30)28-18-4-2-3-17(23)20(18)29-9-6-15(12-24)7-10-29/h2-5,8,11,13,15H,6-7,9-10,12,24H2,1H3,(H,26,27)(H,28,30). The van der Waals surface area contributed by atoms with Crippen LogP contribution in [0.2, 0.25) is 0 Å². The molecule has 1 aliphatic heterocycles. The van der Waals surface area contributed by atoms with Gasteiger partial charge in [-0.2, -0.15) is 0 Å². The number of para-hydroxylation sites is 1. The van der Waals surface area contributed by atoms with Crippen LogP contribution < -0.4 is 16.0 Å². The zero-order valence-corrected chi connectivity index (χ0v) is 16.9. The Morgan fingerprint density at radius 2 is 2.13 bits per heavy atom. The minimum absolute atomic E-state index is 0.163. The number of rotatable bonds is 5. The van der Waals surface area contributed by atoms with Crippen LogP contribution in [-0.4, -0.2) is 40.5 Å². The average molecular weight is 408 g/mol. The maximum atomic E-state index is 14.7. The zero-order chi connectivity index (χ0) is 21.1. The van der Waals surface area contributed by atoms with Crippen LogP contribution in [0.5, 0.6) is 0 Å². The molecule has 2 aromatic heterocycles. The molecule has 7 nitrogen and oxygen atoms in total. The molecule has 30 heavy (non-hydrogen) atoms. The molecule has 1 saturated heterocycles. The van der Waals surface area contributed by atoms with Crippen LogP contribution in [0.4, 0.5) is 15.8 Å². The van der Waals surface area contributed by atoms with Crippen molar-refractivity contribution in [2.24, 2.45) is 11.7 Å². The van der Waals surface area contributed by atoms with Gasteiger partial charge < -0.3 is 20.9 Å². The van der Waals surface area contributed by atoms with E-state index in [2.05, 4.69) is 20.3 Å². The molecule has 1 aromatic carbocycles. The summed E-state index contributed by atoms with van der Waals surface area (Å²) in [5.74, 6) is -0.150. The van der Waals surface area contributed by atoms with Gasteiger partial charge in [-0.05, 0) is 56.5 Å². The minimum Gasteiger partial charge on any atom is -0.367 e. The van der Waals surface area contributed by atoms with Gasteiger partial charge in [-0.3, -0.25) is 9.78 Å². The van der Waals surface area contributed by atoms with Crippen molar-refractivity contribution in [2.75, 3.05) is 29.9 Å². The van der Waals surface area contributed by atoms with Gasteiger partial charge in [0.15, 0.2) is 5.82 Å². The molecular formula is C22H25FN6O. The molecule has 0 spiro atoms. The van der Waals surface area contributed by atoms with E-state index in [-0.39, 0.29) is 11.6 Å². The van der Waals surface area contributed by atoms with Crippen molar-refractivity contribution in [1.82, 2.24) is 15.0 Å². The third-order valence-electron chi connectivity index (χ3n) is 5.48. The van der Waals surface area contributed by atoms with Gasteiger partial charge in [-0.25, -0.2) is 9.37 Å². The van der Waals surface area contributed by atoms with Crippen molar-refractivity contribution in [3.63, 3.8) is 0 Å². The first kappa shape index (κ1) is 20.0. The Morgan fingerprint density at radius 1 is 1.33 bits per heavy atom. The smallest absolute Gasteiger partial charge is 0.291 e. The summed E-state index contributed by atoms with van der Waals surface area (Å²) in [5.41, 5.74) is 8.99. The number of imidazole rings is 1. The number of halogens is 1. The highest BCUT2D eigenvalue weighted by molar-refractivity contribution is 6.04. The second-order valence-electron chi connectivity index (χ2n) is 7.58. The Morgan fingerprint density at radius 3 is 2.87 bits per heavy atom. The van der Waals surface area contributed by atoms with Gasteiger partial charge >= 0.3 is 0 Å². The fourth-order valence-electron chi connectivity index (χ4n) is 3.80. The maximum absolute atomic E-state index is 14.7. The number of anilines is 2. The number of amides is 1. The topological polar surface area (TPSA) is 99.9 Å². The van der Waals surface area contributed by atoms with Crippen LogP contribution in [0.1, 0.15) is 29.2 Å². The van der Waals surface area contributed by atoms with Crippen molar-refractivity contribution >= 4 is 17.3 Å². The highest BCUT2D eigenvalue weighted by atomic mass is 19.1. The number of nitrogens with zero attached hydrogens (tertiary/aromatic N) is 3. The lowest BCUT2D eigenvalue weighted by Crippen LogP contribution is -2.37. The number of aromatic amines is 1. The molecule has 0 unspecified atom stereocenters. The fraction of sp³-hybridized carbons (Fsp3) is 0.318. The van der Waals surface area contributed by atoms with E-state index in [1.54, 1.807) is 24.5 Å². The molecule has 0 bridgehead atoms. The largest absolute Gasteiger partial charge is 0.367 e. The number of aryl methyl sites for hydroxylation is 1. The molecule has 0 atom stereocenters. The molecule has 3 aromatic rings. The number of piperidine rings is 1. The van der Waals surface area contributed by atoms with E-state index in [0.29, 0.717) is 42.6 Å². The van der Waals surface area contributed by atoms with Gasteiger partial charge in [-0.15, -0.1) is 0 Å². The Balaban J connectivity index is 1.54. The number of H-pyrrole nitrogens is 1. The lowest BCUT2D eigenvalue weighted by atomic mass is 9.96. The quantitative estimate of drug-likeness (QED) is 0.601. The SMILES string of the molecule is Cc1cc(-c2c[nH]c(C(=O)Nc3cccc(F)c3N3CCC(CN)CC3)n2)ccn1. The molecule has 0 saturated carbocycles. The van der Waals surface area contributed by atoms with Gasteiger partial charge in [-0.1, -0.05) is 6.07 Å². The van der Waals surface area contributed by atoms with E-state index in [1.807, 2.05) is 24.0 Å². The van der Waals surface area contributed by atoms with Crippen molar-refractivity contribution in [3.8, 4) is 11.3 Å². The number of nitrogens with two attached hydrogens (primary N) is 1. The van der Waals surface area contributed by atoms with E-state index in [0.717, 1.165) is 24.1 Å². The number of pyridine rings is 1. The Kier molecular flexibility index (Phi) is 5.76. The van der Waals surface area contributed by atoms with E-state index in [4.69, 9.17) is 5.73 Å². The number of hydrogen-bond acceptors (Lipinski definition) is 5. The highest BCUT2D eigenvalue weighted by Crippen LogP contribution is 2.32. The Hall–Kier alpha value is -3.26. The minimum atomic E-state index is -0.421. The third-order valence-corrected chi connectivity index (χ3v) is 5.48. The monoisotopic (exact) mass is 408 g/mol. The van der Waals surface area contributed by atoms with Gasteiger partial charge in [0, 0.05) is 36.7 Å². The molecule has 0 radical (unpaired) electrons.